The number of hydrogen-bond acceptors (Lipinski definition) is 5. The Labute approximate surface area is 187 Å². The molecule has 2 aromatic rings. The van der Waals surface area contributed by atoms with Gasteiger partial charge in [0.2, 0.25) is 15.9 Å². The minimum atomic E-state index is -4.27. The first-order valence-corrected chi connectivity index (χ1v) is 11.9. The van der Waals surface area contributed by atoms with Crippen molar-refractivity contribution in [3.8, 4) is 0 Å². The Kier molecular flexibility index (Phi) is 8.16. The predicted molar refractivity (Wildman–Crippen MR) is 119 cm³/mol. The third kappa shape index (κ3) is 6.02. The summed E-state index contributed by atoms with van der Waals surface area (Å²) >= 11 is 0. The van der Waals surface area contributed by atoms with Crippen molar-refractivity contribution in [2.24, 2.45) is 0 Å². The van der Waals surface area contributed by atoms with E-state index in [9.17, 15) is 22.0 Å². The topological polar surface area (TPSA) is 73.0 Å². The number of piperazine rings is 1. The van der Waals surface area contributed by atoms with Gasteiger partial charge in [-0.15, -0.1) is 0 Å². The molecule has 0 atom stereocenters. The molecule has 1 N–H and O–H groups in total. The van der Waals surface area contributed by atoms with Crippen LogP contribution in [0, 0.1) is 11.6 Å². The maximum atomic E-state index is 13.9. The number of sulfonamides is 1. The summed E-state index contributed by atoms with van der Waals surface area (Å²) in [6.07, 6.45) is 0.789. The number of amides is 1. The lowest BCUT2D eigenvalue weighted by atomic mass is 10.3. The van der Waals surface area contributed by atoms with Crippen molar-refractivity contribution in [1.82, 2.24) is 14.5 Å². The second-order valence-electron chi connectivity index (χ2n) is 7.69. The first-order chi connectivity index (χ1) is 15.3. The van der Waals surface area contributed by atoms with Gasteiger partial charge in [-0.25, -0.2) is 17.2 Å². The number of benzene rings is 2. The van der Waals surface area contributed by atoms with Gasteiger partial charge < -0.3 is 10.2 Å². The fourth-order valence-corrected chi connectivity index (χ4v) is 5.13. The summed E-state index contributed by atoms with van der Waals surface area (Å²) in [7, 11) is -2.27. The van der Waals surface area contributed by atoms with E-state index in [4.69, 9.17) is 0 Å². The van der Waals surface area contributed by atoms with E-state index >= 15 is 0 Å². The summed E-state index contributed by atoms with van der Waals surface area (Å²) in [5, 5.41) is 2.88. The van der Waals surface area contributed by atoms with Crippen molar-refractivity contribution in [3.05, 3.63) is 60.2 Å². The molecule has 1 aliphatic heterocycles. The van der Waals surface area contributed by atoms with Crippen LogP contribution in [0.2, 0.25) is 0 Å². The summed E-state index contributed by atoms with van der Waals surface area (Å²) in [5.74, 6) is -2.35. The molecule has 32 heavy (non-hydrogen) atoms. The molecule has 0 spiro atoms. The van der Waals surface area contributed by atoms with Crippen molar-refractivity contribution in [2.75, 3.05) is 57.8 Å². The first kappa shape index (κ1) is 24.1. The van der Waals surface area contributed by atoms with E-state index in [0.29, 0.717) is 19.6 Å². The van der Waals surface area contributed by atoms with Gasteiger partial charge in [0.1, 0.15) is 11.6 Å². The molecule has 1 amide bonds. The van der Waals surface area contributed by atoms with Crippen molar-refractivity contribution in [3.63, 3.8) is 0 Å². The van der Waals surface area contributed by atoms with E-state index in [1.165, 1.54) is 0 Å². The van der Waals surface area contributed by atoms with Gasteiger partial charge in [0.25, 0.3) is 0 Å². The van der Waals surface area contributed by atoms with Crippen LogP contribution in [0.5, 0.6) is 0 Å². The number of hydrogen-bond donors (Lipinski definition) is 1. The molecule has 0 aliphatic carbocycles. The first-order valence-electron chi connectivity index (χ1n) is 10.5. The fourth-order valence-electron chi connectivity index (χ4n) is 3.60. The fraction of sp³-hybridized carbons (Fsp3) is 0.409. The highest BCUT2D eigenvalue weighted by Gasteiger charge is 2.33. The van der Waals surface area contributed by atoms with Gasteiger partial charge in [0.05, 0.1) is 6.54 Å². The molecule has 0 radical (unpaired) electrons. The van der Waals surface area contributed by atoms with E-state index in [0.717, 1.165) is 41.2 Å². The zero-order valence-corrected chi connectivity index (χ0v) is 18.8. The van der Waals surface area contributed by atoms with E-state index in [1.807, 2.05) is 42.3 Å². The molecule has 2 aromatic carbocycles. The smallest absolute Gasteiger partial charge is 0.249 e. The van der Waals surface area contributed by atoms with Crippen LogP contribution in [-0.4, -0.2) is 76.4 Å². The molecule has 10 heteroatoms. The number of carbonyl (C=O) groups excluding carboxylic acids is 1. The molecule has 1 aliphatic rings. The normalized spacial score (nSPS) is 15.5. The SMILES string of the molecule is CN(CCCNC(=O)CN1CCN(S(=O)(=O)c2c(F)cccc2F)CC1)c1ccccc1. The quantitative estimate of drug-likeness (QED) is 0.572. The number of carbonyl (C=O) groups is 1. The van der Waals surface area contributed by atoms with Crippen LogP contribution in [-0.2, 0) is 14.8 Å². The molecule has 174 valence electrons. The standard InChI is InChI=1S/C22H28F2N4O3S/c1-26(18-7-3-2-4-8-18)12-6-11-25-21(29)17-27-13-15-28(16-14-27)32(30,31)22-19(23)9-5-10-20(22)24/h2-5,7-10H,6,11-17H2,1H3,(H,25,29). The molecule has 1 heterocycles. The number of para-hydroxylation sites is 1. The molecule has 7 nitrogen and oxygen atoms in total. The van der Waals surface area contributed by atoms with Gasteiger partial charge in [0.15, 0.2) is 4.90 Å². The van der Waals surface area contributed by atoms with Crippen molar-refractivity contribution >= 4 is 21.6 Å². The Hall–Kier alpha value is -2.56. The summed E-state index contributed by atoms with van der Waals surface area (Å²) in [6.45, 7) is 2.22. The molecular weight excluding hydrogens is 438 g/mol. The van der Waals surface area contributed by atoms with Crippen LogP contribution in [0.1, 0.15) is 6.42 Å². The third-order valence-electron chi connectivity index (χ3n) is 5.40. The average Bonchev–Trinajstić information content (AvgIpc) is 2.77. The van der Waals surface area contributed by atoms with Crippen LogP contribution < -0.4 is 10.2 Å². The summed E-state index contributed by atoms with van der Waals surface area (Å²) in [5.41, 5.74) is 1.11. The number of nitrogens with zero attached hydrogens (tertiary/aromatic N) is 3. The van der Waals surface area contributed by atoms with E-state index < -0.39 is 26.6 Å². The molecule has 1 fully saturated rings. The minimum Gasteiger partial charge on any atom is -0.375 e. The van der Waals surface area contributed by atoms with Crippen LogP contribution in [0.15, 0.2) is 53.4 Å². The molecule has 0 bridgehead atoms. The van der Waals surface area contributed by atoms with Gasteiger partial charge >= 0.3 is 0 Å². The van der Waals surface area contributed by atoms with Gasteiger partial charge in [0, 0.05) is 52.0 Å². The Morgan fingerprint density at radius 3 is 2.25 bits per heavy atom. The lowest BCUT2D eigenvalue weighted by Crippen LogP contribution is -2.51. The van der Waals surface area contributed by atoms with Crippen molar-refractivity contribution < 1.29 is 22.0 Å². The highest BCUT2D eigenvalue weighted by molar-refractivity contribution is 7.89. The summed E-state index contributed by atoms with van der Waals surface area (Å²) in [4.78, 5) is 15.2. The predicted octanol–water partition coefficient (Wildman–Crippen LogP) is 1.91. The molecular formula is C22H28F2N4O3S. The highest BCUT2D eigenvalue weighted by Crippen LogP contribution is 2.23. The van der Waals surface area contributed by atoms with Gasteiger partial charge in [-0.1, -0.05) is 24.3 Å². The van der Waals surface area contributed by atoms with E-state index in [2.05, 4.69) is 10.2 Å². The lowest BCUT2D eigenvalue weighted by Gasteiger charge is -2.33. The van der Waals surface area contributed by atoms with Gasteiger partial charge in [-0.05, 0) is 30.7 Å². The molecule has 1 saturated heterocycles. The second-order valence-corrected chi connectivity index (χ2v) is 9.57. The summed E-state index contributed by atoms with van der Waals surface area (Å²) in [6, 6.07) is 12.9. The second kappa shape index (κ2) is 10.8. The third-order valence-corrected chi connectivity index (χ3v) is 7.36. The Bertz CT molecular complexity index is 993. The van der Waals surface area contributed by atoms with Crippen molar-refractivity contribution in [1.29, 1.82) is 0 Å². The maximum absolute atomic E-state index is 13.9. The van der Waals surface area contributed by atoms with Gasteiger partial charge in [-0.3, -0.25) is 9.69 Å². The molecule has 0 aromatic heterocycles. The Morgan fingerprint density at radius 1 is 1.00 bits per heavy atom. The minimum absolute atomic E-state index is 0.0608. The maximum Gasteiger partial charge on any atom is 0.249 e. The summed E-state index contributed by atoms with van der Waals surface area (Å²) < 4.78 is 54.2. The number of halogens is 2. The Morgan fingerprint density at radius 2 is 1.62 bits per heavy atom. The van der Waals surface area contributed by atoms with E-state index in [-0.39, 0.29) is 25.5 Å². The molecule has 3 rings (SSSR count). The van der Waals surface area contributed by atoms with Crippen LogP contribution in [0.25, 0.3) is 0 Å². The largest absolute Gasteiger partial charge is 0.375 e. The zero-order chi connectivity index (χ0) is 23.1. The number of rotatable bonds is 9. The van der Waals surface area contributed by atoms with Gasteiger partial charge in [-0.2, -0.15) is 4.31 Å². The molecule has 0 unspecified atom stereocenters. The zero-order valence-electron chi connectivity index (χ0n) is 18.0. The van der Waals surface area contributed by atoms with Crippen LogP contribution in [0.4, 0.5) is 14.5 Å². The van der Waals surface area contributed by atoms with Crippen LogP contribution in [0.3, 0.4) is 0 Å². The lowest BCUT2D eigenvalue weighted by molar-refractivity contribution is -0.122. The number of nitrogens with one attached hydrogen (secondary N) is 1. The molecule has 0 saturated carbocycles. The monoisotopic (exact) mass is 466 g/mol. The Balaban J connectivity index is 1.40. The highest BCUT2D eigenvalue weighted by atomic mass is 32.2. The van der Waals surface area contributed by atoms with Crippen molar-refractivity contribution in [2.45, 2.75) is 11.3 Å². The van der Waals surface area contributed by atoms with Crippen LogP contribution >= 0.6 is 0 Å². The average molecular weight is 467 g/mol. The van der Waals surface area contributed by atoms with E-state index in [1.54, 1.807) is 0 Å². The number of anilines is 1.